The number of urea groups is 1. The molecule has 0 radical (unpaired) electrons. The number of piperidine rings is 1. The van der Waals surface area contributed by atoms with Gasteiger partial charge in [-0.2, -0.15) is 4.98 Å². The number of nitrogens with zero attached hydrogens (tertiary/aromatic N) is 5. The van der Waals surface area contributed by atoms with Crippen LogP contribution in [0.15, 0.2) is 4.52 Å². The summed E-state index contributed by atoms with van der Waals surface area (Å²) in [5.74, 6) is 2.33. The van der Waals surface area contributed by atoms with E-state index in [0.29, 0.717) is 37.1 Å². The van der Waals surface area contributed by atoms with Crippen LogP contribution in [0.2, 0.25) is 0 Å². The molecule has 3 saturated heterocycles. The molecule has 1 saturated carbocycles. The van der Waals surface area contributed by atoms with Crippen LogP contribution in [0.25, 0.3) is 0 Å². The lowest BCUT2D eigenvalue weighted by atomic mass is 9.98. The van der Waals surface area contributed by atoms with E-state index in [0.717, 1.165) is 51.9 Å². The van der Waals surface area contributed by atoms with Gasteiger partial charge in [-0.3, -0.25) is 4.79 Å². The van der Waals surface area contributed by atoms with E-state index in [1.807, 2.05) is 14.7 Å². The summed E-state index contributed by atoms with van der Waals surface area (Å²) in [6.45, 7) is 4.79. The van der Waals surface area contributed by atoms with E-state index >= 15 is 0 Å². The summed E-state index contributed by atoms with van der Waals surface area (Å²) in [4.78, 5) is 35.5. The third kappa shape index (κ3) is 3.61. The summed E-state index contributed by atoms with van der Waals surface area (Å²) in [5.41, 5.74) is 0. The number of carbonyl (C=O) groups is 2. The Bertz CT molecular complexity index is 740. The molecule has 1 aromatic heterocycles. The van der Waals surface area contributed by atoms with Crippen LogP contribution in [0.5, 0.6) is 0 Å². The molecule has 152 valence electrons. The molecule has 0 aromatic carbocycles. The zero-order valence-electron chi connectivity index (χ0n) is 16.4. The van der Waals surface area contributed by atoms with Crippen LogP contribution in [-0.2, 0) is 4.79 Å². The summed E-state index contributed by atoms with van der Waals surface area (Å²) in [6, 6.07) is 0.152. The number of likely N-dealkylation sites (tertiary alicyclic amines) is 3. The van der Waals surface area contributed by atoms with Gasteiger partial charge in [0.1, 0.15) is 0 Å². The predicted molar refractivity (Wildman–Crippen MR) is 101 cm³/mol. The molecule has 0 bridgehead atoms. The van der Waals surface area contributed by atoms with Gasteiger partial charge in [0, 0.05) is 51.6 Å². The molecule has 2 unspecified atom stereocenters. The van der Waals surface area contributed by atoms with Gasteiger partial charge < -0.3 is 19.2 Å². The number of amides is 3. The van der Waals surface area contributed by atoms with E-state index in [2.05, 4.69) is 10.1 Å². The van der Waals surface area contributed by atoms with Gasteiger partial charge in [-0.15, -0.1) is 0 Å². The van der Waals surface area contributed by atoms with E-state index in [4.69, 9.17) is 4.52 Å². The Morgan fingerprint density at radius 2 is 1.79 bits per heavy atom. The van der Waals surface area contributed by atoms with Crippen molar-refractivity contribution in [3.63, 3.8) is 0 Å². The fraction of sp³-hybridized carbons (Fsp3) is 0.800. The summed E-state index contributed by atoms with van der Waals surface area (Å²) >= 11 is 0. The normalized spacial score (nSPS) is 28.4. The predicted octanol–water partition coefficient (Wildman–Crippen LogP) is 2.19. The minimum absolute atomic E-state index is 0.0367. The Hall–Kier alpha value is -2.12. The van der Waals surface area contributed by atoms with E-state index in [1.54, 1.807) is 0 Å². The Balaban J connectivity index is 1.22. The van der Waals surface area contributed by atoms with Crippen molar-refractivity contribution in [2.45, 2.75) is 56.8 Å². The van der Waals surface area contributed by atoms with Gasteiger partial charge in [0.05, 0.1) is 5.92 Å². The second kappa shape index (κ2) is 7.37. The highest BCUT2D eigenvalue weighted by molar-refractivity contribution is 5.79. The lowest BCUT2D eigenvalue weighted by molar-refractivity contribution is -0.127. The van der Waals surface area contributed by atoms with Crippen LogP contribution in [0.3, 0.4) is 0 Å². The fourth-order valence-corrected chi connectivity index (χ4v) is 4.77. The quantitative estimate of drug-likeness (QED) is 0.791. The molecule has 28 heavy (non-hydrogen) atoms. The highest BCUT2D eigenvalue weighted by atomic mass is 16.5. The van der Waals surface area contributed by atoms with E-state index in [9.17, 15) is 9.59 Å². The van der Waals surface area contributed by atoms with Gasteiger partial charge in [0.2, 0.25) is 11.8 Å². The maximum absolute atomic E-state index is 12.7. The van der Waals surface area contributed by atoms with Crippen LogP contribution in [0.4, 0.5) is 4.79 Å². The molecular weight excluding hydrogens is 358 g/mol. The molecule has 3 aliphatic heterocycles. The van der Waals surface area contributed by atoms with Gasteiger partial charge in [0.25, 0.3) is 0 Å². The first-order valence-corrected chi connectivity index (χ1v) is 10.8. The first-order chi connectivity index (χ1) is 13.7. The minimum atomic E-state index is 0.0367. The van der Waals surface area contributed by atoms with Crippen molar-refractivity contribution < 1.29 is 14.1 Å². The second-order valence-electron chi connectivity index (χ2n) is 8.90. The summed E-state index contributed by atoms with van der Waals surface area (Å²) in [6.07, 6.45) is 7.10. The Morgan fingerprint density at radius 3 is 2.57 bits per heavy atom. The van der Waals surface area contributed by atoms with E-state index < -0.39 is 0 Å². The molecule has 0 spiro atoms. The number of aromatic nitrogens is 2. The second-order valence-corrected chi connectivity index (χ2v) is 8.90. The van der Waals surface area contributed by atoms with E-state index in [1.165, 1.54) is 12.8 Å². The molecule has 1 aromatic rings. The smallest absolute Gasteiger partial charge is 0.320 e. The molecule has 4 heterocycles. The minimum Gasteiger partial charge on any atom is -0.342 e. The maximum atomic E-state index is 12.7. The van der Waals surface area contributed by atoms with Gasteiger partial charge in [-0.05, 0) is 44.4 Å². The number of hydrogen-bond donors (Lipinski definition) is 0. The van der Waals surface area contributed by atoms with Crippen LogP contribution >= 0.6 is 0 Å². The van der Waals surface area contributed by atoms with Gasteiger partial charge in [-0.25, -0.2) is 4.79 Å². The molecule has 3 amide bonds. The number of hydrogen-bond acceptors (Lipinski definition) is 5. The summed E-state index contributed by atoms with van der Waals surface area (Å²) < 4.78 is 5.59. The monoisotopic (exact) mass is 387 g/mol. The third-order valence-corrected chi connectivity index (χ3v) is 6.63. The zero-order chi connectivity index (χ0) is 19.1. The number of rotatable bonds is 4. The Morgan fingerprint density at radius 1 is 1.00 bits per heavy atom. The lowest BCUT2D eigenvalue weighted by Gasteiger charge is -2.33. The standard InChI is InChI=1S/C20H29N5O3/c26-17-10-16(13-25(17)11-14-5-6-14)18-21-19(28-22-18)15-4-3-9-24(12-15)20(27)23-7-1-2-8-23/h14-16H,1-13H2. The average Bonchev–Trinajstić information content (AvgIpc) is 3.12. The molecule has 4 fully saturated rings. The topological polar surface area (TPSA) is 82.8 Å². The van der Waals surface area contributed by atoms with Crippen LogP contribution in [0.1, 0.15) is 68.5 Å². The van der Waals surface area contributed by atoms with Crippen molar-refractivity contribution in [2.24, 2.45) is 5.92 Å². The molecule has 8 heteroatoms. The van der Waals surface area contributed by atoms with Crippen molar-refractivity contribution in [1.29, 1.82) is 0 Å². The SMILES string of the molecule is O=C1CC(c2noc(C3CCCN(C(=O)N4CCCC4)C3)n2)CN1CC1CC1. The molecule has 4 aliphatic rings. The van der Waals surface area contributed by atoms with Crippen LogP contribution in [0, 0.1) is 5.92 Å². The van der Waals surface area contributed by atoms with Gasteiger partial charge in [0.15, 0.2) is 5.82 Å². The number of carbonyl (C=O) groups excluding carboxylic acids is 2. The van der Waals surface area contributed by atoms with Crippen molar-refractivity contribution in [3.05, 3.63) is 11.7 Å². The van der Waals surface area contributed by atoms with Crippen molar-refractivity contribution in [1.82, 2.24) is 24.8 Å². The van der Waals surface area contributed by atoms with Crippen LogP contribution < -0.4 is 0 Å². The molecule has 1 aliphatic carbocycles. The zero-order valence-corrected chi connectivity index (χ0v) is 16.4. The molecular formula is C20H29N5O3. The fourth-order valence-electron chi connectivity index (χ4n) is 4.77. The summed E-state index contributed by atoms with van der Waals surface area (Å²) in [7, 11) is 0. The maximum Gasteiger partial charge on any atom is 0.320 e. The van der Waals surface area contributed by atoms with Gasteiger partial charge in [-0.1, -0.05) is 5.16 Å². The van der Waals surface area contributed by atoms with Gasteiger partial charge >= 0.3 is 6.03 Å². The first kappa shape index (κ1) is 17.9. The first-order valence-electron chi connectivity index (χ1n) is 10.8. The van der Waals surface area contributed by atoms with Crippen molar-refractivity contribution >= 4 is 11.9 Å². The molecule has 0 N–H and O–H groups in total. The average molecular weight is 387 g/mol. The Kier molecular flexibility index (Phi) is 4.72. The molecule has 8 nitrogen and oxygen atoms in total. The molecule has 2 atom stereocenters. The van der Waals surface area contributed by atoms with E-state index in [-0.39, 0.29) is 23.8 Å². The Labute approximate surface area is 165 Å². The van der Waals surface area contributed by atoms with Crippen molar-refractivity contribution in [3.8, 4) is 0 Å². The largest absolute Gasteiger partial charge is 0.342 e. The lowest BCUT2D eigenvalue weighted by Crippen LogP contribution is -2.46. The molecule has 5 rings (SSSR count). The third-order valence-electron chi connectivity index (χ3n) is 6.63. The summed E-state index contributed by atoms with van der Waals surface area (Å²) in [5, 5.41) is 4.21. The van der Waals surface area contributed by atoms with Crippen molar-refractivity contribution in [2.75, 3.05) is 39.3 Å². The highest BCUT2D eigenvalue weighted by Gasteiger charge is 2.38. The highest BCUT2D eigenvalue weighted by Crippen LogP contribution is 2.34. The van der Waals surface area contributed by atoms with Crippen LogP contribution in [-0.4, -0.2) is 76.0 Å².